The molecule has 0 fully saturated rings. The first kappa shape index (κ1) is 9.43. The predicted molar refractivity (Wildman–Crippen MR) is 35.4 cm³/mol. The predicted octanol–water partition coefficient (Wildman–Crippen LogP) is 2.13. The first-order valence-electron chi connectivity index (χ1n) is 1.97. The van der Waals surface area contributed by atoms with Crippen molar-refractivity contribution in [3.05, 3.63) is 12.7 Å². The molecule has 0 amide bonds. The van der Waals surface area contributed by atoms with Gasteiger partial charge in [-0.2, -0.15) is 12.6 Å². The van der Waals surface area contributed by atoms with E-state index in [2.05, 4.69) is 26.1 Å². The van der Waals surface area contributed by atoms with Crippen LogP contribution in [-0.4, -0.2) is 6.26 Å². The van der Waals surface area contributed by atoms with E-state index in [4.69, 9.17) is 0 Å². The van der Waals surface area contributed by atoms with Gasteiger partial charge in [0.1, 0.15) is 0 Å². The summed E-state index contributed by atoms with van der Waals surface area (Å²) in [7, 11) is 0. The van der Waals surface area contributed by atoms with Gasteiger partial charge in [-0.15, -0.1) is 6.58 Å². The third-order valence-corrected chi connectivity index (χ3v) is 0.289. The molecule has 0 unspecified atom stereocenters. The minimum Gasteiger partial charge on any atom is -0.183 e. The molecule has 0 aliphatic rings. The summed E-state index contributed by atoms with van der Waals surface area (Å²) < 4.78 is 0. The molecule has 0 aliphatic heterocycles. The highest BCUT2D eigenvalue weighted by Crippen LogP contribution is 1.66. The highest BCUT2D eigenvalue weighted by atomic mass is 32.1. The van der Waals surface area contributed by atoms with Crippen molar-refractivity contribution in [3.63, 3.8) is 0 Å². The van der Waals surface area contributed by atoms with Gasteiger partial charge in [-0.3, -0.25) is 0 Å². The second-order valence-electron chi connectivity index (χ2n) is 0.697. The standard InChI is InChI=1S/C4H8.CH4S/c1-3-4-2;1-2/h3H,1,4H2,2H3;2H,1H3. The van der Waals surface area contributed by atoms with Crippen LogP contribution < -0.4 is 0 Å². The molecule has 0 aromatic heterocycles. The Hall–Kier alpha value is 0.0900. The molecular weight excluding hydrogens is 92.1 g/mol. The molecule has 0 saturated carbocycles. The van der Waals surface area contributed by atoms with Crippen LogP contribution in [0.25, 0.3) is 0 Å². The Balaban J connectivity index is 0. The van der Waals surface area contributed by atoms with E-state index in [-0.39, 0.29) is 0 Å². The van der Waals surface area contributed by atoms with Gasteiger partial charge >= 0.3 is 0 Å². The van der Waals surface area contributed by atoms with Crippen LogP contribution in [-0.2, 0) is 0 Å². The summed E-state index contributed by atoms with van der Waals surface area (Å²) in [6, 6.07) is 0. The van der Waals surface area contributed by atoms with E-state index in [1.165, 1.54) is 0 Å². The summed E-state index contributed by atoms with van der Waals surface area (Å²) in [4.78, 5) is 0. The molecule has 6 heavy (non-hydrogen) atoms. The van der Waals surface area contributed by atoms with Gasteiger partial charge in [0.25, 0.3) is 0 Å². The van der Waals surface area contributed by atoms with Crippen LogP contribution in [0, 0.1) is 0 Å². The molecule has 1 heteroatoms. The molecule has 0 heterocycles. The zero-order valence-electron chi connectivity index (χ0n) is 4.44. The second kappa shape index (κ2) is 19.5. The maximum Gasteiger partial charge on any atom is -0.0215 e. The fourth-order valence-corrected chi connectivity index (χ4v) is 0. The average molecular weight is 104 g/mol. The highest BCUT2D eigenvalue weighted by Gasteiger charge is 1.45. The number of hydrogen-bond donors (Lipinski definition) is 1. The molecule has 0 spiro atoms. The van der Waals surface area contributed by atoms with Gasteiger partial charge in [-0.25, -0.2) is 0 Å². The lowest BCUT2D eigenvalue weighted by Gasteiger charge is -1.57. The largest absolute Gasteiger partial charge is 0.183 e. The van der Waals surface area contributed by atoms with Crippen LogP contribution in [0.2, 0.25) is 0 Å². The van der Waals surface area contributed by atoms with Gasteiger partial charge in [-0.05, 0) is 12.7 Å². The van der Waals surface area contributed by atoms with E-state index in [1.807, 2.05) is 6.08 Å². The molecule has 0 N–H and O–H groups in total. The van der Waals surface area contributed by atoms with Crippen LogP contribution >= 0.6 is 12.6 Å². The zero-order valence-corrected chi connectivity index (χ0v) is 5.33. The van der Waals surface area contributed by atoms with Crippen molar-refractivity contribution in [1.82, 2.24) is 0 Å². The molecule has 0 bridgehead atoms. The fourth-order valence-electron chi connectivity index (χ4n) is 0. The van der Waals surface area contributed by atoms with Gasteiger partial charge in [-0.1, -0.05) is 13.0 Å². The van der Waals surface area contributed by atoms with E-state index in [0.29, 0.717) is 0 Å². The topological polar surface area (TPSA) is 0 Å². The minimum absolute atomic E-state index is 1.08. The molecule has 0 radical (unpaired) electrons. The molecule has 0 aromatic carbocycles. The summed E-state index contributed by atoms with van der Waals surface area (Å²) in [6.07, 6.45) is 4.65. The molecule has 0 aliphatic carbocycles. The van der Waals surface area contributed by atoms with Crippen molar-refractivity contribution in [2.75, 3.05) is 6.26 Å². The van der Waals surface area contributed by atoms with Crippen LogP contribution in [0.3, 0.4) is 0 Å². The lowest BCUT2D eigenvalue weighted by Crippen LogP contribution is -1.36. The quantitative estimate of drug-likeness (QED) is 0.382. The SMILES string of the molecule is C=CCC.CS. The van der Waals surface area contributed by atoms with Crippen molar-refractivity contribution in [3.8, 4) is 0 Å². The zero-order chi connectivity index (χ0) is 5.41. The Kier molecular flexibility index (Phi) is 30.6. The summed E-state index contributed by atoms with van der Waals surface area (Å²) in [5.74, 6) is 0. The van der Waals surface area contributed by atoms with Gasteiger partial charge in [0.15, 0.2) is 0 Å². The van der Waals surface area contributed by atoms with Gasteiger partial charge in [0, 0.05) is 0 Å². The number of allylic oxidation sites excluding steroid dienone is 1. The average Bonchev–Trinajstić information content (AvgIpc) is 1.72. The van der Waals surface area contributed by atoms with Crippen molar-refractivity contribution in [2.24, 2.45) is 0 Å². The van der Waals surface area contributed by atoms with E-state index < -0.39 is 0 Å². The van der Waals surface area contributed by atoms with Gasteiger partial charge < -0.3 is 0 Å². The monoisotopic (exact) mass is 104 g/mol. The molecule has 0 nitrogen and oxygen atoms in total. The van der Waals surface area contributed by atoms with Crippen molar-refractivity contribution < 1.29 is 0 Å². The lowest BCUT2D eigenvalue weighted by molar-refractivity contribution is 1.23. The smallest absolute Gasteiger partial charge is 0.0215 e. The fraction of sp³-hybridized carbons (Fsp3) is 0.600. The first-order chi connectivity index (χ1) is 2.91. The van der Waals surface area contributed by atoms with Crippen molar-refractivity contribution >= 4 is 12.6 Å². The second-order valence-corrected chi connectivity index (χ2v) is 0.697. The van der Waals surface area contributed by atoms with E-state index >= 15 is 0 Å². The van der Waals surface area contributed by atoms with Crippen LogP contribution in [0.4, 0.5) is 0 Å². The third-order valence-electron chi connectivity index (χ3n) is 0.289. The van der Waals surface area contributed by atoms with Crippen LogP contribution in [0.1, 0.15) is 13.3 Å². The van der Waals surface area contributed by atoms with Gasteiger partial charge in [0.2, 0.25) is 0 Å². The van der Waals surface area contributed by atoms with Gasteiger partial charge in [0.05, 0.1) is 0 Å². The van der Waals surface area contributed by atoms with Crippen molar-refractivity contribution in [1.29, 1.82) is 0 Å². The van der Waals surface area contributed by atoms with E-state index in [9.17, 15) is 0 Å². The number of hydrogen-bond acceptors (Lipinski definition) is 1. The molecule has 38 valence electrons. The Labute approximate surface area is 45.7 Å². The van der Waals surface area contributed by atoms with Crippen molar-refractivity contribution in [2.45, 2.75) is 13.3 Å². The maximum atomic E-state index is 3.53. The van der Waals surface area contributed by atoms with Crippen LogP contribution in [0.15, 0.2) is 12.7 Å². The lowest BCUT2D eigenvalue weighted by atomic mass is 10.5. The van der Waals surface area contributed by atoms with E-state index in [1.54, 1.807) is 6.26 Å². The molecule has 0 aromatic rings. The Morgan fingerprint density at radius 3 is 1.83 bits per heavy atom. The van der Waals surface area contributed by atoms with E-state index in [0.717, 1.165) is 6.42 Å². The number of rotatable bonds is 1. The Morgan fingerprint density at radius 2 is 1.83 bits per heavy atom. The number of thiol groups is 1. The normalized spacial score (nSPS) is 5.17. The molecular formula is C5H12S. The first-order valence-corrected chi connectivity index (χ1v) is 2.87. The summed E-state index contributed by atoms with van der Waals surface area (Å²) in [5.41, 5.74) is 0. The highest BCUT2D eigenvalue weighted by molar-refractivity contribution is 7.79. The third kappa shape index (κ3) is 32.9. The Morgan fingerprint density at radius 1 is 1.67 bits per heavy atom. The summed E-state index contributed by atoms with van der Waals surface area (Å²) >= 11 is 3.53. The Bertz CT molecular complexity index is 17.9. The molecule has 0 atom stereocenters. The minimum atomic E-state index is 1.08. The maximum absolute atomic E-state index is 3.53. The molecule has 0 rings (SSSR count). The van der Waals surface area contributed by atoms with Crippen LogP contribution in [0.5, 0.6) is 0 Å². The summed E-state index contributed by atoms with van der Waals surface area (Å²) in [5, 5.41) is 0. The summed E-state index contributed by atoms with van der Waals surface area (Å²) in [6.45, 7) is 5.54. The molecule has 0 saturated heterocycles.